The van der Waals surface area contributed by atoms with E-state index in [1.165, 1.54) is 30.2 Å². The highest BCUT2D eigenvalue weighted by molar-refractivity contribution is 5.84. The Hall–Kier alpha value is -4.06. The van der Waals surface area contributed by atoms with Crippen LogP contribution >= 0.6 is 0 Å². The van der Waals surface area contributed by atoms with Crippen LogP contribution in [-0.2, 0) is 16.0 Å². The Morgan fingerprint density at radius 1 is 1.03 bits per heavy atom. The second-order valence-electron chi connectivity index (χ2n) is 8.93. The number of aromatic nitrogens is 1. The molecule has 6 nitrogen and oxygen atoms in total. The highest BCUT2D eigenvalue weighted by Gasteiger charge is 2.30. The second-order valence-corrected chi connectivity index (χ2v) is 8.93. The normalized spacial score (nSPS) is 18.0. The molecule has 0 amide bonds. The third kappa shape index (κ3) is 3.95. The van der Waals surface area contributed by atoms with Gasteiger partial charge in [-0.3, -0.25) is 4.79 Å². The molecule has 1 aromatic heterocycles. The van der Waals surface area contributed by atoms with E-state index >= 15 is 0 Å². The Bertz CT molecular complexity index is 1380. The molecule has 1 aliphatic carbocycles. The third-order valence-electron chi connectivity index (χ3n) is 6.93. The van der Waals surface area contributed by atoms with Crippen molar-refractivity contribution in [2.24, 2.45) is 0 Å². The molecule has 2 heterocycles. The number of methoxy groups -OCH3 is 1. The van der Waals surface area contributed by atoms with Crippen LogP contribution in [0, 0.1) is 0 Å². The Morgan fingerprint density at radius 2 is 1.89 bits per heavy atom. The molecule has 0 saturated heterocycles. The van der Waals surface area contributed by atoms with Gasteiger partial charge in [-0.1, -0.05) is 48.5 Å². The zero-order valence-electron chi connectivity index (χ0n) is 19.4. The lowest BCUT2D eigenvalue weighted by Gasteiger charge is -2.17. The summed E-state index contributed by atoms with van der Waals surface area (Å²) in [7, 11) is 1.41. The van der Waals surface area contributed by atoms with Crippen LogP contribution in [0.4, 0.5) is 0 Å². The van der Waals surface area contributed by atoms with E-state index in [4.69, 9.17) is 18.6 Å². The Morgan fingerprint density at radius 3 is 2.71 bits per heavy atom. The van der Waals surface area contributed by atoms with E-state index in [0.717, 1.165) is 46.7 Å². The first-order valence-electron chi connectivity index (χ1n) is 11.8. The number of fused-ring (bicyclic) bond motifs is 2. The van der Waals surface area contributed by atoms with E-state index < -0.39 is 0 Å². The van der Waals surface area contributed by atoms with E-state index in [0.29, 0.717) is 13.0 Å². The van der Waals surface area contributed by atoms with Gasteiger partial charge in [0.1, 0.15) is 29.6 Å². The fraction of sp³-hybridized carbons (Fsp3) is 0.241. The number of nitrogens with zero attached hydrogens (tertiary/aromatic N) is 1. The molecule has 6 rings (SSSR count). The van der Waals surface area contributed by atoms with Crippen LogP contribution in [0.2, 0.25) is 0 Å². The summed E-state index contributed by atoms with van der Waals surface area (Å²) in [6, 6.07) is 20.6. The molecule has 0 radical (unpaired) electrons. The van der Waals surface area contributed by atoms with Crippen LogP contribution in [0.15, 0.2) is 77.7 Å². The van der Waals surface area contributed by atoms with E-state index in [1.807, 2.05) is 24.3 Å². The maximum absolute atomic E-state index is 11.7. The maximum atomic E-state index is 11.7. The molecule has 0 bridgehead atoms. The SMILES string of the molecule is COC(=O)C[C@@H]1COc2cc(OC3CCc4c(-c5ccccc5-c5cocn5)cccc43)ccc21. The number of hydrogen-bond donors (Lipinski definition) is 0. The maximum Gasteiger partial charge on any atom is 0.306 e. The molecule has 2 atom stereocenters. The molecule has 176 valence electrons. The minimum Gasteiger partial charge on any atom is -0.492 e. The number of carbonyl (C=O) groups is 1. The Labute approximate surface area is 203 Å². The number of carbonyl (C=O) groups excluding carboxylic acids is 1. The van der Waals surface area contributed by atoms with Crippen LogP contribution in [-0.4, -0.2) is 24.7 Å². The average molecular weight is 468 g/mol. The molecule has 4 aromatic rings. The van der Waals surface area contributed by atoms with Gasteiger partial charge < -0.3 is 18.6 Å². The van der Waals surface area contributed by atoms with Gasteiger partial charge >= 0.3 is 5.97 Å². The van der Waals surface area contributed by atoms with Crippen LogP contribution in [0.3, 0.4) is 0 Å². The Kier molecular flexibility index (Phi) is 5.49. The molecule has 6 heteroatoms. The first-order chi connectivity index (χ1) is 17.2. The van der Waals surface area contributed by atoms with E-state index in [9.17, 15) is 4.79 Å². The molecule has 1 unspecified atom stereocenters. The van der Waals surface area contributed by atoms with Crippen molar-refractivity contribution in [3.05, 3.63) is 90.0 Å². The highest BCUT2D eigenvalue weighted by Crippen LogP contribution is 2.44. The Balaban J connectivity index is 1.27. The fourth-order valence-electron chi connectivity index (χ4n) is 5.23. The van der Waals surface area contributed by atoms with Crippen molar-refractivity contribution in [1.29, 1.82) is 0 Å². The molecule has 1 aliphatic heterocycles. The molecule has 0 spiro atoms. The zero-order chi connectivity index (χ0) is 23.8. The number of hydrogen-bond acceptors (Lipinski definition) is 6. The minimum absolute atomic E-state index is 0.0195. The molecule has 3 aromatic carbocycles. The van der Waals surface area contributed by atoms with E-state index in [-0.39, 0.29) is 18.0 Å². The van der Waals surface area contributed by atoms with E-state index in [1.54, 1.807) is 6.26 Å². The van der Waals surface area contributed by atoms with Crippen molar-refractivity contribution >= 4 is 5.97 Å². The lowest BCUT2D eigenvalue weighted by molar-refractivity contribution is -0.141. The predicted octanol–water partition coefficient (Wildman–Crippen LogP) is 6.11. The first-order valence-corrected chi connectivity index (χ1v) is 11.8. The minimum atomic E-state index is -0.227. The van der Waals surface area contributed by atoms with Crippen molar-refractivity contribution in [1.82, 2.24) is 4.98 Å². The molecule has 2 aliphatic rings. The first kappa shape index (κ1) is 21.5. The van der Waals surface area contributed by atoms with Crippen molar-refractivity contribution < 1.29 is 23.4 Å². The summed E-state index contributed by atoms with van der Waals surface area (Å²) in [6.07, 6.45) is 5.27. The van der Waals surface area contributed by atoms with Gasteiger partial charge in [-0.05, 0) is 41.2 Å². The number of benzene rings is 3. The van der Waals surface area contributed by atoms with Crippen molar-refractivity contribution in [2.45, 2.75) is 31.3 Å². The number of esters is 1. The van der Waals surface area contributed by atoms with Gasteiger partial charge in [0.2, 0.25) is 0 Å². The summed E-state index contributed by atoms with van der Waals surface area (Å²) in [6.45, 7) is 0.481. The fourth-order valence-corrected chi connectivity index (χ4v) is 5.23. The average Bonchev–Trinajstić information content (AvgIpc) is 3.65. The van der Waals surface area contributed by atoms with Gasteiger partial charge in [-0.25, -0.2) is 4.98 Å². The lowest BCUT2D eigenvalue weighted by Crippen LogP contribution is -2.09. The van der Waals surface area contributed by atoms with Crippen LogP contribution in [0.5, 0.6) is 11.5 Å². The van der Waals surface area contributed by atoms with Gasteiger partial charge in [0.05, 0.1) is 20.1 Å². The van der Waals surface area contributed by atoms with Gasteiger partial charge in [0, 0.05) is 23.1 Å². The summed E-state index contributed by atoms with van der Waals surface area (Å²) in [5.74, 6) is 1.35. The largest absolute Gasteiger partial charge is 0.492 e. The zero-order valence-corrected chi connectivity index (χ0v) is 19.4. The van der Waals surface area contributed by atoms with Crippen LogP contribution < -0.4 is 9.47 Å². The molecule has 35 heavy (non-hydrogen) atoms. The summed E-state index contributed by atoms with van der Waals surface area (Å²) in [5, 5.41) is 0. The van der Waals surface area contributed by atoms with Gasteiger partial charge in [-0.2, -0.15) is 0 Å². The quantitative estimate of drug-likeness (QED) is 0.319. The van der Waals surface area contributed by atoms with Crippen molar-refractivity contribution in [3.8, 4) is 33.9 Å². The summed E-state index contributed by atoms with van der Waals surface area (Å²) < 4.78 is 22.4. The van der Waals surface area contributed by atoms with Gasteiger partial charge in [0.15, 0.2) is 6.39 Å². The smallest absolute Gasteiger partial charge is 0.306 e. The monoisotopic (exact) mass is 467 g/mol. The number of rotatable bonds is 6. The lowest BCUT2D eigenvalue weighted by atomic mass is 9.92. The standard InChI is InChI=1S/C29H25NO5/c1-32-29(31)13-18-15-34-28-14-19(9-10-20(18)28)35-27-12-11-23-21(7-4-8-25(23)27)22-5-2-3-6-24(22)26-16-33-17-30-26/h2-10,14,16-18,27H,11-13,15H2,1H3/t18-,27?/m1/s1. The molecule has 0 saturated carbocycles. The second kappa shape index (κ2) is 8.95. The number of ether oxygens (including phenoxy) is 3. The molecular weight excluding hydrogens is 442 g/mol. The highest BCUT2D eigenvalue weighted by atomic mass is 16.5. The van der Waals surface area contributed by atoms with Crippen LogP contribution in [0.25, 0.3) is 22.4 Å². The summed E-state index contributed by atoms with van der Waals surface area (Å²) in [4.78, 5) is 16.1. The molecular formula is C29H25NO5. The number of oxazole rings is 1. The predicted molar refractivity (Wildman–Crippen MR) is 130 cm³/mol. The van der Waals surface area contributed by atoms with Crippen molar-refractivity contribution in [2.75, 3.05) is 13.7 Å². The van der Waals surface area contributed by atoms with Crippen molar-refractivity contribution in [3.63, 3.8) is 0 Å². The molecule has 0 N–H and O–H groups in total. The van der Waals surface area contributed by atoms with E-state index in [2.05, 4.69) is 41.4 Å². The van der Waals surface area contributed by atoms with Gasteiger partial charge in [-0.15, -0.1) is 0 Å². The summed E-state index contributed by atoms with van der Waals surface area (Å²) in [5.41, 5.74) is 7.77. The summed E-state index contributed by atoms with van der Waals surface area (Å²) >= 11 is 0. The van der Waals surface area contributed by atoms with Gasteiger partial charge in [0.25, 0.3) is 0 Å². The third-order valence-corrected chi connectivity index (χ3v) is 6.93. The van der Waals surface area contributed by atoms with Crippen LogP contribution in [0.1, 0.15) is 41.6 Å². The molecule has 0 fully saturated rings. The topological polar surface area (TPSA) is 70.8 Å².